The summed E-state index contributed by atoms with van der Waals surface area (Å²) < 4.78 is 39.9. The largest absolute Gasteiger partial charge is 0.416 e. The fourth-order valence-corrected chi connectivity index (χ4v) is 5.20. The number of fused-ring (bicyclic) bond motifs is 2. The molecule has 2 aromatic carbocycles. The quantitative estimate of drug-likeness (QED) is 0.703. The van der Waals surface area contributed by atoms with Crippen molar-refractivity contribution in [3.8, 4) is 0 Å². The lowest BCUT2D eigenvalue weighted by molar-refractivity contribution is -0.137. The molecular formula is C23H25F3N2OS. The van der Waals surface area contributed by atoms with Crippen molar-refractivity contribution in [1.29, 1.82) is 0 Å². The lowest BCUT2D eigenvalue weighted by Crippen LogP contribution is -2.47. The van der Waals surface area contributed by atoms with Crippen LogP contribution in [0.3, 0.4) is 0 Å². The Labute approximate surface area is 179 Å². The molecular weight excluding hydrogens is 409 g/mol. The monoisotopic (exact) mass is 434 g/mol. The van der Waals surface area contributed by atoms with Gasteiger partial charge in [0.2, 0.25) is 0 Å². The Balaban J connectivity index is 1.54. The predicted octanol–water partition coefficient (Wildman–Crippen LogP) is 4.47. The number of halogens is 3. The maximum Gasteiger partial charge on any atom is 0.416 e. The highest BCUT2D eigenvalue weighted by Gasteiger charge is 2.33. The number of aliphatic hydroxyl groups excluding tert-OH is 1. The molecule has 0 unspecified atom stereocenters. The zero-order valence-electron chi connectivity index (χ0n) is 16.6. The van der Waals surface area contributed by atoms with E-state index in [9.17, 15) is 13.2 Å². The van der Waals surface area contributed by atoms with Crippen LogP contribution in [-0.4, -0.2) is 60.8 Å². The third-order valence-corrected chi connectivity index (χ3v) is 6.90. The molecule has 2 heterocycles. The van der Waals surface area contributed by atoms with Gasteiger partial charge in [-0.3, -0.25) is 9.80 Å². The Kier molecular flexibility index (Phi) is 6.53. The van der Waals surface area contributed by atoms with Crippen molar-refractivity contribution in [2.24, 2.45) is 0 Å². The van der Waals surface area contributed by atoms with Gasteiger partial charge in [0, 0.05) is 55.0 Å². The first-order valence-electron chi connectivity index (χ1n) is 10.2. The first-order chi connectivity index (χ1) is 14.5. The molecule has 4 rings (SSSR count). The van der Waals surface area contributed by atoms with Gasteiger partial charge in [-0.15, -0.1) is 0 Å². The standard InChI is InChI=1S/C23H25F3N2OS/c24-23(25,26)17-7-8-22-20(16-17)18(19-4-1-2-6-21(19)30-22)5-3-9-27-10-12-28(13-11-27)14-15-29/h1-8,16,18,29H,9-15H2/b5-3+/t18-/m1/s1. The highest BCUT2D eigenvalue weighted by Crippen LogP contribution is 2.47. The molecule has 1 N–H and O–H groups in total. The second kappa shape index (κ2) is 9.14. The molecule has 3 nitrogen and oxygen atoms in total. The van der Waals surface area contributed by atoms with Crippen LogP contribution in [0, 0.1) is 0 Å². The van der Waals surface area contributed by atoms with E-state index in [-0.39, 0.29) is 12.5 Å². The number of alkyl halides is 3. The summed E-state index contributed by atoms with van der Waals surface area (Å²) in [6.07, 6.45) is -0.208. The number of allylic oxidation sites excluding steroid dienone is 1. The van der Waals surface area contributed by atoms with Gasteiger partial charge < -0.3 is 5.11 Å². The summed E-state index contributed by atoms with van der Waals surface area (Å²) in [6.45, 7) is 5.36. The number of rotatable bonds is 5. The van der Waals surface area contributed by atoms with Gasteiger partial charge in [-0.2, -0.15) is 13.2 Å². The van der Waals surface area contributed by atoms with E-state index in [1.807, 2.05) is 24.3 Å². The molecule has 160 valence electrons. The average molecular weight is 435 g/mol. The summed E-state index contributed by atoms with van der Waals surface area (Å²) in [7, 11) is 0. The molecule has 2 aliphatic rings. The Morgan fingerprint density at radius 2 is 1.67 bits per heavy atom. The van der Waals surface area contributed by atoms with Crippen molar-refractivity contribution in [2.45, 2.75) is 21.9 Å². The molecule has 0 radical (unpaired) electrons. The molecule has 30 heavy (non-hydrogen) atoms. The van der Waals surface area contributed by atoms with E-state index < -0.39 is 11.7 Å². The van der Waals surface area contributed by atoms with Crippen molar-refractivity contribution in [3.63, 3.8) is 0 Å². The Bertz CT molecular complexity index is 908. The van der Waals surface area contributed by atoms with E-state index in [4.69, 9.17) is 5.11 Å². The summed E-state index contributed by atoms with van der Waals surface area (Å²) in [4.78, 5) is 6.55. The molecule has 0 saturated carbocycles. The fraction of sp³-hybridized carbons (Fsp3) is 0.391. The normalized spacial score (nSPS) is 20.3. The zero-order valence-corrected chi connectivity index (χ0v) is 17.4. The van der Waals surface area contributed by atoms with E-state index in [0.29, 0.717) is 6.54 Å². The average Bonchev–Trinajstić information content (AvgIpc) is 2.73. The first-order valence-corrected chi connectivity index (χ1v) is 11.0. The summed E-state index contributed by atoms with van der Waals surface area (Å²) in [5, 5.41) is 9.06. The smallest absolute Gasteiger partial charge is 0.395 e. The summed E-state index contributed by atoms with van der Waals surface area (Å²) in [5.41, 5.74) is 1.18. The van der Waals surface area contributed by atoms with Crippen LogP contribution in [0.25, 0.3) is 0 Å². The summed E-state index contributed by atoms with van der Waals surface area (Å²) >= 11 is 1.53. The van der Waals surface area contributed by atoms with Crippen LogP contribution in [0.5, 0.6) is 0 Å². The number of piperazine rings is 1. The van der Waals surface area contributed by atoms with Gasteiger partial charge in [0.05, 0.1) is 12.2 Å². The van der Waals surface area contributed by atoms with Crippen LogP contribution >= 0.6 is 11.8 Å². The molecule has 2 aromatic rings. The number of β-amino-alcohol motifs (C(OH)–C–C–N with tert-alkyl or cyclic N) is 1. The third kappa shape index (κ3) is 4.75. The zero-order chi connectivity index (χ0) is 21.1. The minimum Gasteiger partial charge on any atom is -0.395 e. The SMILES string of the molecule is OCCN1CCN(C/C=C/[C@@H]2c3ccccc3Sc3ccc(C(F)(F)F)cc32)CC1. The van der Waals surface area contributed by atoms with E-state index in [0.717, 1.165) is 53.6 Å². The van der Waals surface area contributed by atoms with E-state index >= 15 is 0 Å². The van der Waals surface area contributed by atoms with E-state index in [1.165, 1.54) is 23.9 Å². The maximum absolute atomic E-state index is 13.3. The fourth-order valence-electron chi connectivity index (χ4n) is 4.07. The van der Waals surface area contributed by atoms with Gasteiger partial charge in [0.15, 0.2) is 0 Å². The van der Waals surface area contributed by atoms with Crippen molar-refractivity contribution < 1.29 is 18.3 Å². The molecule has 0 bridgehead atoms. The van der Waals surface area contributed by atoms with Crippen LogP contribution in [0.1, 0.15) is 22.6 Å². The van der Waals surface area contributed by atoms with E-state index in [2.05, 4.69) is 22.0 Å². The molecule has 1 saturated heterocycles. The second-order valence-electron chi connectivity index (χ2n) is 7.66. The van der Waals surface area contributed by atoms with Crippen molar-refractivity contribution in [2.75, 3.05) is 45.9 Å². The molecule has 2 aliphatic heterocycles. The Morgan fingerprint density at radius 1 is 0.967 bits per heavy atom. The van der Waals surface area contributed by atoms with Gasteiger partial charge in [0.1, 0.15) is 0 Å². The van der Waals surface area contributed by atoms with Gasteiger partial charge in [-0.25, -0.2) is 0 Å². The Morgan fingerprint density at radius 3 is 2.40 bits per heavy atom. The maximum atomic E-state index is 13.3. The minimum atomic E-state index is -4.35. The molecule has 1 fully saturated rings. The lowest BCUT2D eigenvalue weighted by atomic mass is 9.89. The molecule has 0 aromatic heterocycles. The first kappa shape index (κ1) is 21.4. The van der Waals surface area contributed by atoms with Crippen LogP contribution in [0.2, 0.25) is 0 Å². The van der Waals surface area contributed by atoms with Gasteiger partial charge in [-0.05, 0) is 35.4 Å². The molecule has 0 spiro atoms. The summed E-state index contributed by atoms with van der Waals surface area (Å²) in [5.74, 6) is -0.185. The van der Waals surface area contributed by atoms with Crippen LogP contribution in [-0.2, 0) is 6.18 Å². The van der Waals surface area contributed by atoms with Gasteiger partial charge >= 0.3 is 6.18 Å². The number of hydrogen-bond acceptors (Lipinski definition) is 4. The topological polar surface area (TPSA) is 26.7 Å². The predicted molar refractivity (Wildman–Crippen MR) is 113 cm³/mol. The molecule has 7 heteroatoms. The lowest BCUT2D eigenvalue weighted by Gasteiger charge is -2.33. The van der Waals surface area contributed by atoms with Gasteiger partial charge in [0.25, 0.3) is 0 Å². The number of hydrogen-bond donors (Lipinski definition) is 1. The van der Waals surface area contributed by atoms with Crippen molar-refractivity contribution in [1.82, 2.24) is 9.80 Å². The highest BCUT2D eigenvalue weighted by molar-refractivity contribution is 7.99. The Hall–Kier alpha value is -1.80. The number of benzene rings is 2. The molecule has 0 amide bonds. The van der Waals surface area contributed by atoms with Crippen molar-refractivity contribution in [3.05, 3.63) is 71.3 Å². The highest BCUT2D eigenvalue weighted by atomic mass is 32.2. The van der Waals surface area contributed by atoms with Crippen LogP contribution < -0.4 is 0 Å². The number of aliphatic hydroxyl groups is 1. The minimum absolute atomic E-state index is 0.179. The van der Waals surface area contributed by atoms with Crippen LogP contribution in [0.15, 0.2) is 64.4 Å². The van der Waals surface area contributed by atoms with E-state index in [1.54, 1.807) is 6.07 Å². The van der Waals surface area contributed by atoms with Gasteiger partial charge in [-0.1, -0.05) is 42.1 Å². The van der Waals surface area contributed by atoms with Crippen molar-refractivity contribution >= 4 is 11.8 Å². The summed E-state index contributed by atoms with van der Waals surface area (Å²) in [6, 6.07) is 12.0. The third-order valence-electron chi connectivity index (χ3n) is 5.72. The molecule has 0 aliphatic carbocycles. The second-order valence-corrected chi connectivity index (χ2v) is 8.75. The number of nitrogens with zero attached hydrogens (tertiary/aromatic N) is 2. The molecule has 1 atom stereocenters. The van der Waals surface area contributed by atoms with Crippen LogP contribution in [0.4, 0.5) is 13.2 Å².